The van der Waals surface area contributed by atoms with Crippen LogP contribution in [0.2, 0.25) is 0 Å². The van der Waals surface area contributed by atoms with E-state index >= 15 is 0 Å². The summed E-state index contributed by atoms with van der Waals surface area (Å²) in [6.07, 6.45) is 3.62. The van der Waals surface area contributed by atoms with E-state index in [9.17, 15) is 0 Å². The van der Waals surface area contributed by atoms with Crippen LogP contribution in [0.15, 0.2) is 34.6 Å². The molecule has 3 rings (SSSR count). The molecule has 0 spiro atoms. The Bertz CT molecular complexity index is 753. The van der Waals surface area contributed by atoms with Crippen LogP contribution in [0.1, 0.15) is 41.6 Å². The number of nitrogens with one attached hydrogen (secondary N) is 2. The summed E-state index contributed by atoms with van der Waals surface area (Å²) in [5, 5.41) is 10.0. The third-order valence-electron chi connectivity index (χ3n) is 5.19. The van der Waals surface area contributed by atoms with Crippen LogP contribution >= 0.6 is 11.3 Å². The molecule has 5 nitrogen and oxygen atoms in total. The number of rotatable bonds is 7. The fourth-order valence-electron chi connectivity index (χ4n) is 3.69. The van der Waals surface area contributed by atoms with Gasteiger partial charge in [-0.05, 0) is 43.4 Å². The van der Waals surface area contributed by atoms with E-state index in [1.54, 1.807) is 11.3 Å². The maximum atomic E-state index is 4.50. The quantitative estimate of drug-likeness (QED) is 0.552. The van der Waals surface area contributed by atoms with Crippen LogP contribution in [0.4, 0.5) is 0 Å². The molecule has 1 saturated heterocycles. The van der Waals surface area contributed by atoms with Gasteiger partial charge in [0, 0.05) is 45.0 Å². The molecule has 1 unspecified atom stereocenters. The first kappa shape index (κ1) is 20.8. The number of piperidine rings is 1. The predicted octanol–water partition coefficient (Wildman–Crippen LogP) is 3.59. The summed E-state index contributed by atoms with van der Waals surface area (Å²) in [5.41, 5.74) is 3.82. The van der Waals surface area contributed by atoms with Crippen molar-refractivity contribution in [3.8, 4) is 0 Å². The third kappa shape index (κ3) is 6.60. The molecular formula is C22H33N5S. The molecule has 1 atom stereocenters. The van der Waals surface area contributed by atoms with E-state index in [2.05, 4.69) is 62.1 Å². The van der Waals surface area contributed by atoms with Gasteiger partial charge in [0.15, 0.2) is 5.96 Å². The van der Waals surface area contributed by atoms with Gasteiger partial charge in [-0.15, -0.1) is 11.3 Å². The highest BCUT2D eigenvalue weighted by Crippen LogP contribution is 2.18. The van der Waals surface area contributed by atoms with Crippen LogP contribution < -0.4 is 10.6 Å². The minimum absolute atomic E-state index is 0.774. The molecule has 0 aliphatic carbocycles. The third-order valence-corrected chi connectivity index (χ3v) is 6.02. The number of guanidine groups is 1. The highest BCUT2D eigenvalue weighted by atomic mass is 32.1. The van der Waals surface area contributed by atoms with E-state index < -0.39 is 0 Å². The normalized spacial score (nSPS) is 18.2. The standard InChI is InChI=1S/C22H33N5S/c1-17-5-4-12-27(14-17)15-20-8-6-19(7-9-20)13-25-22(23-3)24-11-10-21-16-28-18(2)26-21/h6-9,16-17H,4-5,10-15H2,1-3H3,(H2,23,24,25). The van der Waals surface area contributed by atoms with Gasteiger partial charge in [0.1, 0.15) is 0 Å². The molecule has 1 aromatic carbocycles. The summed E-state index contributed by atoms with van der Waals surface area (Å²) in [7, 11) is 1.81. The Morgan fingerprint density at radius 2 is 2.04 bits per heavy atom. The molecule has 0 bridgehead atoms. The zero-order valence-electron chi connectivity index (χ0n) is 17.4. The Labute approximate surface area is 173 Å². The number of likely N-dealkylation sites (tertiary alicyclic amines) is 1. The van der Waals surface area contributed by atoms with Crippen molar-refractivity contribution < 1.29 is 0 Å². The zero-order chi connectivity index (χ0) is 19.8. The number of nitrogens with zero attached hydrogens (tertiary/aromatic N) is 3. The lowest BCUT2D eigenvalue weighted by atomic mass is 9.99. The Balaban J connectivity index is 1.40. The van der Waals surface area contributed by atoms with Gasteiger partial charge in [0.25, 0.3) is 0 Å². The van der Waals surface area contributed by atoms with Crippen molar-refractivity contribution in [1.82, 2.24) is 20.5 Å². The fraction of sp³-hybridized carbons (Fsp3) is 0.545. The minimum atomic E-state index is 0.774. The van der Waals surface area contributed by atoms with Gasteiger partial charge in [0.2, 0.25) is 0 Å². The molecule has 2 aromatic rings. The smallest absolute Gasteiger partial charge is 0.191 e. The van der Waals surface area contributed by atoms with Gasteiger partial charge < -0.3 is 10.6 Å². The van der Waals surface area contributed by atoms with Crippen LogP contribution in [0.5, 0.6) is 0 Å². The van der Waals surface area contributed by atoms with Crippen molar-refractivity contribution in [3.63, 3.8) is 0 Å². The Morgan fingerprint density at radius 1 is 1.25 bits per heavy atom. The van der Waals surface area contributed by atoms with Gasteiger partial charge in [0.05, 0.1) is 10.7 Å². The van der Waals surface area contributed by atoms with Crippen LogP contribution in [-0.2, 0) is 19.5 Å². The highest BCUT2D eigenvalue weighted by Gasteiger charge is 2.16. The molecule has 152 valence electrons. The van der Waals surface area contributed by atoms with Crippen LogP contribution in [0, 0.1) is 12.8 Å². The van der Waals surface area contributed by atoms with E-state index in [0.29, 0.717) is 0 Å². The van der Waals surface area contributed by atoms with Gasteiger partial charge in [-0.3, -0.25) is 9.89 Å². The van der Waals surface area contributed by atoms with E-state index in [1.165, 1.54) is 37.1 Å². The van der Waals surface area contributed by atoms with Crippen molar-refractivity contribution >= 4 is 17.3 Å². The van der Waals surface area contributed by atoms with E-state index in [1.807, 2.05) is 14.0 Å². The summed E-state index contributed by atoms with van der Waals surface area (Å²) in [6.45, 7) is 9.53. The summed E-state index contributed by atoms with van der Waals surface area (Å²) in [6, 6.07) is 8.97. The second kappa shape index (κ2) is 10.6. The van der Waals surface area contributed by atoms with Gasteiger partial charge in [-0.25, -0.2) is 4.98 Å². The Kier molecular flexibility index (Phi) is 7.86. The number of benzene rings is 1. The number of hydrogen-bond donors (Lipinski definition) is 2. The largest absolute Gasteiger partial charge is 0.356 e. The number of aliphatic imine (C=N–C) groups is 1. The van der Waals surface area contributed by atoms with Crippen molar-refractivity contribution in [2.45, 2.75) is 46.2 Å². The zero-order valence-corrected chi connectivity index (χ0v) is 18.2. The van der Waals surface area contributed by atoms with Crippen LogP contribution in [-0.4, -0.2) is 42.5 Å². The molecule has 1 aliphatic rings. The number of aromatic nitrogens is 1. The van der Waals surface area contributed by atoms with Crippen molar-refractivity contribution in [1.29, 1.82) is 0 Å². The first-order chi connectivity index (χ1) is 13.6. The monoisotopic (exact) mass is 399 g/mol. The minimum Gasteiger partial charge on any atom is -0.356 e. The first-order valence-electron chi connectivity index (χ1n) is 10.3. The molecular weight excluding hydrogens is 366 g/mol. The lowest BCUT2D eigenvalue weighted by Crippen LogP contribution is -2.37. The average Bonchev–Trinajstić information content (AvgIpc) is 3.11. The van der Waals surface area contributed by atoms with Gasteiger partial charge >= 0.3 is 0 Å². The Morgan fingerprint density at radius 3 is 2.71 bits per heavy atom. The summed E-state index contributed by atoms with van der Waals surface area (Å²) < 4.78 is 0. The summed E-state index contributed by atoms with van der Waals surface area (Å²) >= 11 is 1.70. The van der Waals surface area contributed by atoms with Gasteiger partial charge in [-0.1, -0.05) is 31.2 Å². The van der Waals surface area contributed by atoms with Crippen LogP contribution in [0.3, 0.4) is 0 Å². The molecule has 1 aliphatic heterocycles. The summed E-state index contributed by atoms with van der Waals surface area (Å²) in [4.78, 5) is 11.4. The second-order valence-electron chi connectivity index (χ2n) is 7.76. The van der Waals surface area contributed by atoms with Crippen molar-refractivity contribution in [2.75, 3.05) is 26.7 Å². The predicted molar refractivity (Wildman–Crippen MR) is 119 cm³/mol. The molecule has 0 radical (unpaired) electrons. The molecule has 0 saturated carbocycles. The van der Waals surface area contributed by atoms with E-state index in [-0.39, 0.29) is 0 Å². The maximum absolute atomic E-state index is 4.50. The molecule has 2 heterocycles. The lowest BCUT2D eigenvalue weighted by Gasteiger charge is -2.30. The maximum Gasteiger partial charge on any atom is 0.191 e. The molecule has 6 heteroatoms. The second-order valence-corrected chi connectivity index (χ2v) is 8.82. The fourth-order valence-corrected chi connectivity index (χ4v) is 4.34. The first-order valence-corrected chi connectivity index (χ1v) is 11.2. The van der Waals surface area contributed by atoms with Crippen molar-refractivity contribution in [3.05, 3.63) is 51.5 Å². The molecule has 28 heavy (non-hydrogen) atoms. The number of thiazole rings is 1. The molecule has 1 fully saturated rings. The topological polar surface area (TPSA) is 52.6 Å². The Hall–Kier alpha value is -1.92. The van der Waals surface area contributed by atoms with Crippen molar-refractivity contribution in [2.24, 2.45) is 10.9 Å². The summed E-state index contributed by atoms with van der Waals surface area (Å²) in [5.74, 6) is 1.66. The molecule has 0 amide bonds. The lowest BCUT2D eigenvalue weighted by molar-refractivity contribution is 0.176. The molecule has 2 N–H and O–H groups in total. The number of hydrogen-bond acceptors (Lipinski definition) is 4. The SMILES string of the molecule is CN=C(NCCc1csc(C)n1)NCc1ccc(CN2CCCC(C)C2)cc1. The van der Waals surface area contributed by atoms with E-state index in [0.717, 1.165) is 48.6 Å². The highest BCUT2D eigenvalue weighted by molar-refractivity contribution is 7.09. The van der Waals surface area contributed by atoms with Crippen LogP contribution in [0.25, 0.3) is 0 Å². The van der Waals surface area contributed by atoms with Gasteiger partial charge in [-0.2, -0.15) is 0 Å². The average molecular weight is 400 g/mol. The molecule has 1 aromatic heterocycles. The number of aryl methyl sites for hydroxylation is 1. The van der Waals surface area contributed by atoms with E-state index in [4.69, 9.17) is 0 Å².